The van der Waals surface area contributed by atoms with Crippen molar-refractivity contribution in [1.82, 2.24) is 0 Å². The number of benzene rings is 2. The van der Waals surface area contributed by atoms with Gasteiger partial charge in [0, 0.05) is 5.56 Å². The molecule has 3 rings (SSSR count). The van der Waals surface area contributed by atoms with Crippen LogP contribution in [0.3, 0.4) is 0 Å². The van der Waals surface area contributed by atoms with Crippen molar-refractivity contribution in [2.24, 2.45) is 5.73 Å². The molecule has 8 heteroatoms. The van der Waals surface area contributed by atoms with E-state index in [1.165, 1.54) is 12.1 Å². The summed E-state index contributed by atoms with van der Waals surface area (Å²) in [7, 11) is 0. The molecular formula is C23H20ClFN2O4. The number of nitrogens with two attached hydrogens (primary N) is 1. The Morgan fingerprint density at radius 2 is 2.06 bits per heavy atom. The van der Waals surface area contributed by atoms with Crippen LogP contribution < -0.4 is 10.5 Å². The monoisotopic (exact) mass is 442 g/mol. The third kappa shape index (κ3) is 4.65. The molecule has 6 nitrogen and oxygen atoms in total. The van der Waals surface area contributed by atoms with Gasteiger partial charge >= 0.3 is 5.97 Å². The van der Waals surface area contributed by atoms with E-state index in [1.807, 2.05) is 6.07 Å². The Morgan fingerprint density at radius 1 is 1.32 bits per heavy atom. The fourth-order valence-electron chi connectivity index (χ4n) is 3.30. The van der Waals surface area contributed by atoms with E-state index in [1.54, 1.807) is 44.2 Å². The number of carbonyl (C=O) groups excluding carboxylic acids is 1. The largest absolute Gasteiger partial charge is 0.489 e. The molecule has 1 heterocycles. The first-order chi connectivity index (χ1) is 14.9. The van der Waals surface area contributed by atoms with E-state index in [0.717, 1.165) is 0 Å². The van der Waals surface area contributed by atoms with Crippen molar-refractivity contribution in [3.63, 3.8) is 0 Å². The lowest BCUT2D eigenvalue weighted by atomic mass is 9.83. The van der Waals surface area contributed by atoms with Crippen molar-refractivity contribution < 1.29 is 23.4 Å². The predicted octanol–water partition coefficient (Wildman–Crippen LogP) is 4.70. The standard InChI is InChI=1S/C23H20ClFN2O4/c1-3-29-23(28)20-13(2)31-22(27)16(11-26)21(20)14-6-4-7-15(10-14)30-12-17-18(24)8-5-9-19(17)25/h4-10,21H,3,12,27H2,1-2H3. The van der Waals surface area contributed by atoms with Gasteiger partial charge in [-0.25, -0.2) is 9.18 Å². The summed E-state index contributed by atoms with van der Waals surface area (Å²) >= 11 is 6.06. The summed E-state index contributed by atoms with van der Waals surface area (Å²) in [6.07, 6.45) is 0. The van der Waals surface area contributed by atoms with Crippen LogP contribution in [0, 0.1) is 17.1 Å². The molecule has 160 valence electrons. The third-order valence-corrected chi connectivity index (χ3v) is 5.09. The van der Waals surface area contributed by atoms with E-state index < -0.39 is 17.7 Å². The normalized spacial score (nSPS) is 15.9. The zero-order chi connectivity index (χ0) is 22.5. The molecule has 1 atom stereocenters. The second kappa shape index (κ2) is 9.54. The number of ether oxygens (including phenoxy) is 3. The van der Waals surface area contributed by atoms with Gasteiger partial charge in [0.25, 0.3) is 0 Å². The number of nitrogens with zero attached hydrogens (tertiary/aromatic N) is 1. The van der Waals surface area contributed by atoms with Crippen LogP contribution in [-0.2, 0) is 20.9 Å². The minimum atomic E-state index is -0.793. The van der Waals surface area contributed by atoms with Crippen LogP contribution in [-0.4, -0.2) is 12.6 Å². The minimum Gasteiger partial charge on any atom is -0.489 e. The molecule has 31 heavy (non-hydrogen) atoms. The SMILES string of the molecule is CCOC(=O)C1=C(C)OC(N)=C(C#N)C1c1cccc(OCc2c(F)cccc2Cl)c1. The van der Waals surface area contributed by atoms with E-state index in [9.17, 15) is 14.4 Å². The molecule has 2 aromatic carbocycles. The molecule has 0 amide bonds. The molecule has 2 aromatic rings. The van der Waals surface area contributed by atoms with Crippen LogP contribution in [0.5, 0.6) is 5.75 Å². The lowest BCUT2D eigenvalue weighted by Gasteiger charge is -2.27. The Hall–Kier alpha value is -3.50. The van der Waals surface area contributed by atoms with E-state index >= 15 is 0 Å². The van der Waals surface area contributed by atoms with Gasteiger partial charge in [-0.3, -0.25) is 0 Å². The number of halogens is 2. The fourth-order valence-corrected chi connectivity index (χ4v) is 3.52. The highest BCUT2D eigenvalue weighted by molar-refractivity contribution is 6.31. The van der Waals surface area contributed by atoms with Gasteiger partial charge in [0.1, 0.15) is 35.6 Å². The van der Waals surface area contributed by atoms with E-state index in [0.29, 0.717) is 11.3 Å². The third-order valence-electron chi connectivity index (χ3n) is 4.74. The smallest absolute Gasteiger partial charge is 0.338 e. The maximum Gasteiger partial charge on any atom is 0.338 e. The Balaban J connectivity index is 1.97. The summed E-state index contributed by atoms with van der Waals surface area (Å²) in [6, 6.07) is 13.2. The van der Waals surface area contributed by atoms with Crippen molar-refractivity contribution in [3.8, 4) is 11.8 Å². The molecule has 1 aliphatic rings. The molecule has 0 fully saturated rings. The van der Waals surface area contributed by atoms with Gasteiger partial charge in [0.2, 0.25) is 5.88 Å². The Bertz CT molecular complexity index is 1100. The second-order valence-electron chi connectivity index (χ2n) is 6.68. The molecule has 0 saturated carbocycles. The summed E-state index contributed by atoms with van der Waals surface area (Å²) in [5.41, 5.74) is 6.98. The van der Waals surface area contributed by atoms with Gasteiger partial charge in [0.05, 0.1) is 23.1 Å². The summed E-state index contributed by atoms with van der Waals surface area (Å²) in [5, 5.41) is 9.92. The molecule has 0 saturated heterocycles. The van der Waals surface area contributed by atoms with Gasteiger partial charge < -0.3 is 19.9 Å². The van der Waals surface area contributed by atoms with Gasteiger partial charge in [0.15, 0.2) is 0 Å². The second-order valence-corrected chi connectivity index (χ2v) is 7.08. The fraction of sp³-hybridized carbons (Fsp3) is 0.217. The highest BCUT2D eigenvalue weighted by Crippen LogP contribution is 2.40. The van der Waals surface area contributed by atoms with Crippen LogP contribution >= 0.6 is 11.6 Å². The molecule has 1 aliphatic heterocycles. The average Bonchev–Trinajstić information content (AvgIpc) is 2.73. The summed E-state index contributed by atoms with van der Waals surface area (Å²) in [4.78, 5) is 12.6. The van der Waals surface area contributed by atoms with Crippen LogP contribution in [0.25, 0.3) is 0 Å². The van der Waals surface area contributed by atoms with Crippen LogP contribution in [0.4, 0.5) is 4.39 Å². The number of hydrogen-bond acceptors (Lipinski definition) is 6. The number of allylic oxidation sites excluding steroid dienone is 2. The lowest BCUT2D eigenvalue weighted by molar-refractivity contribution is -0.139. The lowest BCUT2D eigenvalue weighted by Crippen LogP contribution is -2.25. The zero-order valence-electron chi connectivity index (χ0n) is 16.9. The quantitative estimate of drug-likeness (QED) is 0.651. The number of carbonyl (C=O) groups is 1. The number of nitriles is 1. The van der Waals surface area contributed by atoms with Crippen molar-refractivity contribution in [1.29, 1.82) is 5.26 Å². The highest BCUT2D eigenvalue weighted by atomic mass is 35.5. The van der Waals surface area contributed by atoms with Gasteiger partial charge in [-0.2, -0.15) is 5.26 Å². The van der Waals surface area contributed by atoms with Gasteiger partial charge in [-0.1, -0.05) is 29.8 Å². The summed E-state index contributed by atoms with van der Waals surface area (Å²) < 4.78 is 30.3. The molecule has 2 N–H and O–H groups in total. The molecule has 0 aliphatic carbocycles. The highest BCUT2D eigenvalue weighted by Gasteiger charge is 2.36. The van der Waals surface area contributed by atoms with Crippen LogP contribution in [0.1, 0.15) is 30.9 Å². The van der Waals surface area contributed by atoms with Crippen LogP contribution in [0.2, 0.25) is 5.02 Å². The summed E-state index contributed by atoms with van der Waals surface area (Å²) in [6.45, 7) is 3.34. The maximum atomic E-state index is 14.0. The van der Waals surface area contributed by atoms with Gasteiger partial charge in [-0.05, 0) is 43.7 Å². The van der Waals surface area contributed by atoms with E-state index in [4.69, 9.17) is 31.5 Å². The number of esters is 1. The first kappa shape index (κ1) is 22.2. The number of hydrogen-bond donors (Lipinski definition) is 1. The molecule has 0 radical (unpaired) electrons. The van der Waals surface area contributed by atoms with Crippen LogP contribution in [0.15, 0.2) is 65.3 Å². The minimum absolute atomic E-state index is 0.0810. The van der Waals surface area contributed by atoms with E-state index in [2.05, 4.69) is 0 Å². The van der Waals surface area contributed by atoms with Gasteiger partial charge in [-0.15, -0.1) is 0 Å². The van der Waals surface area contributed by atoms with Crippen molar-refractivity contribution in [2.45, 2.75) is 26.4 Å². The topological polar surface area (TPSA) is 94.6 Å². The first-order valence-electron chi connectivity index (χ1n) is 9.48. The molecule has 1 unspecified atom stereocenters. The maximum absolute atomic E-state index is 14.0. The van der Waals surface area contributed by atoms with Crippen molar-refractivity contribution in [2.75, 3.05) is 6.61 Å². The zero-order valence-corrected chi connectivity index (χ0v) is 17.7. The van der Waals surface area contributed by atoms with E-state index in [-0.39, 0.29) is 46.6 Å². The number of rotatable bonds is 6. The van der Waals surface area contributed by atoms with Crippen molar-refractivity contribution >= 4 is 17.6 Å². The molecular weight excluding hydrogens is 423 g/mol. The Morgan fingerprint density at radius 3 is 2.74 bits per heavy atom. The molecule has 0 aromatic heterocycles. The molecule has 0 bridgehead atoms. The Kier molecular flexibility index (Phi) is 6.83. The van der Waals surface area contributed by atoms with Crippen molar-refractivity contribution in [3.05, 3.63) is 87.2 Å². The summed E-state index contributed by atoms with van der Waals surface area (Å²) in [5.74, 6) is -1.29. The first-order valence-corrected chi connectivity index (χ1v) is 9.86. The Labute approximate surface area is 184 Å². The predicted molar refractivity (Wildman–Crippen MR) is 112 cm³/mol. The molecule has 0 spiro atoms. The average molecular weight is 443 g/mol.